The number of aromatic nitrogens is 1. The fraction of sp³-hybridized carbons (Fsp3) is 0.357. The summed E-state index contributed by atoms with van der Waals surface area (Å²) in [4.78, 5) is 27.9. The fourth-order valence-electron chi connectivity index (χ4n) is 1.72. The van der Waals surface area contributed by atoms with E-state index in [1.54, 1.807) is 32.9 Å². The van der Waals surface area contributed by atoms with Gasteiger partial charge in [-0.3, -0.25) is 10.3 Å². The second kappa shape index (κ2) is 6.23. The molecule has 0 saturated carbocycles. The number of amides is 1. The SMILES string of the molecule is CC(C)(C)OC(=O)Nc1oc2cccnc2c1C(=O)OCCl. The van der Waals surface area contributed by atoms with Gasteiger partial charge in [-0.05, 0) is 32.9 Å². The third kappa shape index (κ3) is 3.67. The zero-order chi connectivity index (χ0) is 16.3. The minimum Gasteiger partial charge on any atom is -0.446 e. The Morgan fingerprint density at radius 3 is 2.77 bits per heavy atom. The van der Waals surface area contributed by atoms with E-state index in [4.69, 9.17) is 25.5 Å². The molecule has 0 aliphatic carbocycles. The van der Waals surface area contributed by atoms with Crippen molar-refractivity contribution >= 4 is 40.6 Å². The highest BCUT2D eigenvalue weighted by Gasteiger charge is 2.26. The number of nitrogens with zero attached hydrogens (tertiary/aromatic N) is 1. The van der Waals surface area contributed by atoms with E-state index in [9.17, 15) is 9.59 Å². The molecular formula is C14H15ClN2O5. The molecule has 0 bridgehead atoms. The maximum absolute atomic E-state index is 12.0. The number of fused-ring (bicyclic) bond motifs is 1. The van der Waals surface area contributed by atoms with Crippen LogP contribution in [0.2, 0.25) is 0 Å². The van der Waals surface area contributed by atoms with E-state index >= 15 is 0 Å². The van der Waals surface area contributed by atoms with E-state index < -0.39 is 17.7 Å². The first-order valence-electron chi connectivity index (χ1n) is 6.42. The number of hydrogen-bond acceptors (Lipinski definition) is 6. The highest BCUT2D eigenvalue weighted by Crippen LogP contribution is 2.29. The molecular weight excluding hydrogens is 312 g/mol. The molecule has 8 heteroatoms. The summed E-state index contributed by atoms with van der Waals surface area (Å²) >= 11 is 5.40. The normalized spacial score (nSPS) is 11.3. The number of alkyl halides is 1. The summed E-state index contributed by atoms with van der Waals surface area (Å²) in [6.45, 7) is 5.15. The number of nitrogens with one attached hydrogen (secondary N) is 1. The van der Waals surface area contributed by atoms with Crippen molar-refractivity contribution in [2.75, 3.05) is 11.4 Å². The summed E-state index contributed by atoms with van der Waals surface area (Å²) in [6, 6.07) is 2.92. The molecule has 2 rings (SSSR count). The molecule has 0 atom stereocenters. The summed E-state index contributed by atoms with van der Waals surface area (Å²) < 4.78 is 15.3. The van der Waals surface area contributed by atoms with Crippen LogP contribution in [0.25, 0.3) is 11.1 Å². The van der Waals surface area contributed by atoms with Gasteiger partial charge in [0.1, 0.15) is 16.7 Å². The fourth-order valence-corrected chi connectivity index (χ4v) is 1.82. The monoisotopic (exact) mass is 326 g/mol. The van der Waals surface area contributed by atoms with Gasteiger partial charge >= 0.3 is 12.1 Å². The molecule has 2 heterocycles. The highest BCUT2D eigenvalue weighted by molar-refractivity contribution is 6.18. The van der Waals surface area contributed by atoms with E-state index in [0.29, 0.717) is 5.58 Å². The van der Waals surface area contributed by atoms with Crippen LogP contribution in [0, 0.1) is 0 Å². The second-order valence-electron chi connectivity index (χ2n) is 5.32. The van der Waals surface area contributed by atoms with Crippen LogP contribution in [-0.2, 0) is 9.47 Å². The number of hydrogen-bond donors (Lipinski definition) is 1. The molecule has 2 aromatic heterocycles. The van der Waals surface area contributed by atoms with E-state index in [1.807, 2.05) is 0 Å². The molecule has 0 fully saturated rings. The maximum Gasteiger partial charge on any atom is 0.414 e. The van der Waals surface area contributed by atoms with Crippen LogP contribution in [-0.4, -0.2) is 28.7 Å². The number of ether oxygens (including phenoxy) is 2. The number of pyridine rings is 1. The summed E-state index contributed by atoms with van der Waals surface area (Å²) in [7, 11) is 0. The summed E-state index contributed by atoms with van der Waals surface area (Å²) in [5.74, 6) is -0.850. The molecule has 0 aliphatic rings. The smallest absolute Gasteiger partial charge is 0.414 e. The van der Waals surface area contributed by atoms with Crippen LogP contribution < -0.4 is 5.32 Å². The van der Waals surface area contributed by atoms with Gasteiger partial charge in [0.2, 0.25) is 5.88 Å². The van der Waals surface area contributed by atoms with Crippen molar-refractivity contribution in [3.63, 3.8) is 0 Å². The molecule has 2 aromatic rings. The van der Waals surface area contributed by atoms with Gasteiger partial charge in [-0.2, -0.15) is 0 Å². The lowest BCUT2D eigenvalue weighted by Gasteiger charge is -2.19. The van der Waals surface area contributed by atoms with Gasteiger partial charge in [0.05, 0.1) is 0 Å². The third-order valence-electron chi connectivity index (χ3n) is 2.45. The van der Waals surface area contributed by atoms with Gasteiger partial charge in [0.15, 0.2) is 11.6 Å². The number of carbonyl (C=O) groups excluding carboxylic acids is 2. The largest absolute Gasteiger partial charge is 0.446 e. The molecule has 0 radical (unpaired) electrons. The lowest BCUT2D eigenvalue weighted by Crippen LogP contribution is -2.27. The quantitative estimate of drug-likeness (QED) is 0.685. The topological polar surface area (TPSA) is 90.7 Å². The Balaban J connectivity index is 2.38. The Hall–Kier alpha value is -2.28. The van der Waals surface area contributed by atoms with E-state index in [1.165, 1.54) is 6.20 Å². The van der Waals surface area contributed by atoms with Crippen molar-refractivity contribution in [1.29, 1.82) is 0 Å². The molecule has 0 aliphatic heterocycles. The number of carbonyl (C=O) groups is 2. The van der Waals surface area contributed by atoms with Crippen molar-refractivity contribution in [2.45, 2.75) is 26.4 Å². The molecule has 0 aromatic carbocycles. The molecule has 118 valence electrons. The Labute approximate surface area is 131 Å². The second-order valence-corrected chi connectivity index (χ2v) is 5.54. The van der Waals surface area contributed by atoms with Crippen LogP contribution >= 0.6 is 11.6 Å². The predicted octanol–water partition coefficient (Wildman–Crippen LogP) is 3.53. The van der Waals surface area contributed by atoms with Crippen LogP contribution in [0.1, 0.15) is 31.1 Å². The summed E-state index contributed by atoms with van der Waals surface area (Å²) in [6.07, 6.45) is 0.735. The lowest BCUT2D eigenvalue weighted by molar-refractivity contribution is 0.0576. The molecule has 7 nitrogen and oxygen atoms in total. The first-order chi connectivity index (χ1) is 10.3. The third-order valence-corrected chi connectivity index (χ3v) is 2.56. The zero-order valence-corrected chi connectivity index (χ0v) is 13.1. The molecule has 22 heavy (non-hydrogen) atoms. The van der Waals surface area contributed by atoms with Crippen molar-refractivity contribution < 1.29 is 23.5 Å². The number of furan rings is 1. The van der Waals surface area contributed by atoms with Crippen LogP contribution in [0.4, 0.5) is 10.7 Å². The minimum absolute atomic E-state index is 0.0119. The number of anilines is 1. The van der Waals surface area contributed by atoms with Gasteiger partial charge < -0.3 is 13.9 Å². The number of rotatable bonds is 3. The minimum atomic E-state index is -0.758. The Morgan fingerprint density at radius 1 is 1.41 bits per heavy atom. The van der Waals surface area contributed by atoms with Crippen molar-refractivity contribution in [2.24, 2.45) is 0 Å². The predicted molar refractivity (Wildman–Crippen MR) is 80.0 cm³/mol. The first kappa shape index (κ1) is 16.1. The van der Waals surface area contributed by atoms with E-state index in [2.05, 4.69) is 10.3 Å². The standard InChI is InChI=1S/C14H15ClN2O5/c1-14(2,3)22-13(19)17-11-9(12(18)20-7-15)10-8(21-11)5-4-6-16-10/h4-6H,7H2,1-3H3,(H,17,19). The molecule has 0 spiro atoms. The van der Waals surface area contributed by atoms with Crippen molar-refractivity contribution in [3.05, 3.63) is 23.9 Å². The Bertz CT molecular complexity index is 705. The Kier molecular flexibility index (Phi) is 4.56. The molecule has 1 amide bonds. The Morgan fingerprint density at radius 2 is 2.14 bits per heavy atom. The highest BCUT2D eigenvalue weighted by atomic mass is 35.5. The first-order valence-corrected chi connectivity index (χ1v) is 6.96. The summed E-state index contributed by atoms with van der Waals surface area (Å²) in [5.41, 5.74) is -0.105. The lowest BCUT2D eigenvalue weighted by atomic mass is 10.2. The van der Waals surface area contributed by atoms with Crippen LogP contribution in [0.5, 0.6) is 0 Å². The van der Waals surface area contributed by atoms with Gasteiger partial charge in [-0.25, -0.2) is 9.59 Å². The van der Waals surface area contributed by atoms with Crippen LogP contribution in [0.3, 0.4) is 0 Å². The molecule has 1 N–H and O–H groups in total. The van der Waals surface area contributed by atoms with Crippen molar-refractivity contribution in [1.82, 2.24) is 4.98 Å². The number of halogens is 1. The van der Waals surface area contributed by atoms with Gasteiger partial charge in [-0.1, -0.05) is 11.6 Å². The maximum atomic E-state index is 12.0. The summed E-state index contributed by atoms with van der Waals surface area (Å²) in [5, 5.41) is 2.38. The van der Waals surface area contributed by atoms with E-state index in [0.717, 1.165) is 0 Å². The zero-order valence-electron chi connectivity index (χ0n) is 12.3. The number of esters is 1. The molecule has 0 unspecified atom stereocenters. The van der Waals surface area contributed by atoms with Crippen LogP contribution in [0.15, 0.2) is 22.7 Å². The average molecular weight is 327 g/mol. The molecule has 0 saturated heterocycles. The van der Waals surface area contributed by atoms with Gasteiger partial charge in [0.25, 0.3) is 0 Å². The average Bonchev–Trinajstić information content (AvgIpc) is 2.74. The van der Waals surface area contributed by atoms with Gasteiger partial charge in [0, 0.05) is 6.20 Å². The van der Waals surface area contributed by atoms with Crippen molar-refractivity contribution in [3.8, 4) is 0 Å². The van der Waals surface area contributed by atoms with E-state index in [-0.39, 0.29) is 23.0 Å². The van der Waals surface area contributed by atoms with Gasteiger partial charge in [-0.15, -0.1) is 0 Å².